The van der Waals surface area contributed by atoms with Crippen LogP contribution in [0.5, 0.6) is 0 Å². The van der Waals surface area contributed by atoms with Crippen molar-refractivity contribution < 1.29 is 4.79 Å². The first-order chi connectivity index (χ1) is 13.0. The van der Waals surface area contributed by atoms with Crippen molar-refractivity contribution in [3.8, 4) is 0 Å². The Bertz CT molecular complexity index is 964. The topological polar surface area (TPSA) is 108 Å². The zero-order valence-corrected chi connectivity index (χ0v) is 15.5. The molecule has 0 unspecified atom stereocenters. The third kappa shape index (κ3) is 4.96. The first kappa shape index (κ1) is 18.7. The van der Waals surface area contributed by atoms with Gasteiger partial charge < -0.3 is 5.32 Å². The Labute approximate surface area is 156 Å². The van der Waals surface area contributed by atoms with Gasteiger partial charge in [-0.15, -0.1) is 5.10 Å². The van der Waals surface area contributed by atoms with Crippen LogP contribution in [0.25, 0.3) is 10.9 Å². The molecule has 0 aliphatic rings. The lowest BCUT2D eigenvalue weighted by molar-refractivity contribution is -0.116. The van der Waals surface area contributed by atoms with Crippen LogP contribution in [0.2, 0.25) is 0 Å². The molecule has 142 valence electrons. The van der Waals surface area contributed by atoms with Gasteiger partial charge in [-0.25, -0.2) is 9.67 Å². The van der Waals surface area contributed by atoms with E-state index in [0.29, 0.717) is 48.4 Å². The summed E-state index contributed by atoms with van der Waals surface area (Å²) in [6, 6.07) is 5.20. The van der Waals surface area contributed by atoms with E-state index in [1.165, 1.54) is 6.33 Å². The van der Waals surface area contributed by atoms with Gasteiger partial charge in [0.05, 0.1) is 17.2 Å². The van der Waals surface area contributed by atoms with E-state index < -0.39 is 0 Å². The Hall–Kier alpha value is -3.10. The fourth-order valence-corrected chi connectivity index (χ4v) is 2.70. The summed E-state index contributed by atoms with van der Waals surface area (Å²) in [6.07, 6.45) is 4.96. The summed E-state index contributed by atoms with van der Waals surface area (Å²) in [7, 11) is 0. The molecule has 0 spiro atoms. The lowest BCUT2D eigenvalue weighted by Gasteiger charge is -2.10. The van der Waals surface area contributed by atoms with Crippen LogP contribution in [0.1, 0.15) is 33.1 Å². The lowest BCUT2D eigenvalue weighted by atomic mass is 10.1. The number of anilines is 1. The van der Waals surface area contributed by atoms with Gasteiger partial charge in [0, 0.05) is 25.2 Å². The number of hydrogen-bond donors (Lipinski definition) is 1. The fourth-order valence-electron chi connectivity index (χ4n) is 2.70. The molecule has 3 aromatic rings. The molecule has 0 saturated heterocycles. The normalized spacial score (nSPS) is 11.2. The van der Waals surface area contributed by atoms with Crippen LogP contribution in [-0.4, -0.2) is 35.7 Å². The van der Waals surface area contributed by atoms with E-state index in [0.717, 1.165) is 6.42 Å². The van der Waals surface area contributed by atoms with Crippen molar-refractivity contribution in [1.82, 2.24) is 29.8 Å². The van der Waals surface area contributed by atoms with E-state index in [2.05, 4.69) is 39.7 Å². The summed E-state index contributed by atoms with van der Waals surface area (Å²) in [5.74, 6) is 0.387. The van der Waals surface area contributed by atoms with Crippen molar-refractivity contribution in [3.05, 3.63) is 41.2 Å². The zero-order chi connectivity index (χ0) is 19.2. The van der Waals surface area contributed by atoms with E-state index >= 15 is 0 Å². The third-order valence-electron chi connectivity index (χ3n) is 4.24. The van der Waals surface area contributed by atoms with Gasteiger partial charge in [-0.1, -0.05) is 13.8 Å². The highest BCUT2D eigenvalue weighted by atomic mass is 16.1. The molecule has 0 saturated carbocycles. The number of benzene rings is 1. The SMILES string of the molecule is CC(C)CCn1cnc2ccc(NC(=O)CCCn3cnnn3)cc2c1=O. The van der Waals surface area contributed by atoms with E-state index in [1.807, 2.05) is 0 Å². The highest BCUT2D eigenvalue weighted by molar-refractivity contribution is 5.93. The van der Waals surface area contributed by atoms with E-state index in [-0.39, 0.29) is 11.5 Å². The van der Waals surface area contributed by atoms with Crippen molar-refractivity contribution in [1.29, 1.82) is 0 Å². The molecule has 0 aliphatic carbocycles. The molecule has 0 aliphatic heterocycles. The second-order valence-corrected chi connectivity index (χ2v) is 6.88. The largest absolute Gasteiger partial charge is 0.326 e. The summed E-state index contributed by atoms with van der Waals surface area (Å²) in [5.41, 5.74) is 1.13. The van der Waals surface area contributed by atoms with Crippen LogP contribution in [0.3, 0.4) is 0 Å². The number of tetrazole rings is 1. The minimum Gasteiger partial charge on any atom is -0.326 e. The molecule has 2 heterocycles. The Morgan fingerprint density at radius 2 is 2.07 bits per heavy atom. The Morgan fingerprint density at radius 3 is 2.81 bits per heavy atom. The number of nitrogens with zero attached hydrogens (tertiary/aromatic N) is 6. The average molecular weight is 369 g/mol. The standard InChI is InChI=1S/C18H23N7O2/c1-13(2)7-9-24-11-19-16-6-5-14(10-15(16)18(24)27)21-17(26)4-3-8-25-12-20-22-23-25/h5-6,10-13H,3-4,7-9H2,1-2H3,(H,21,26). The van der Waals surface area contributed by atoms with Crippen molar-refractivity contribution >= 4 is 22.5 Å². The molecule has 0 radical (unpaired) electrons. The molecule has 9 nitrogen and oxygen atoms in total. The zero-order valence-electron chi connectivity index (χ0n) is 15.5. The van der Waals surface area contributed by atoms with Gasteiger partial charge >= 0.3 is 0 Å². The van der Waals surface area contributed by atoms with Gasteiger partial charge in [-0.2, -0.15) is 0 Å². The van der Waals surface area contributed by atoms with Crippen LogP contribution in [0, 0.1) is 5.92 Å². The second-order valence-electron chi connectivity index (χ2n) is 6.88. The number of fused-ring (bicyclic) bond motifs is 1. The van der Waals surface area contributed by atoms with Crippen molar-refractivity contribution in [2.24, 2.45) is 5.92 Å². The number of aryl methyl sites for hydroxylation is 2. The number of nitrogens with one attached hydrogen (secondary N) is 1. The molecule has 1 N–H and O–H groups in total. The highest BCUT2D eigenvalue weighted by Crippen LogP contribution is 2.15. The first-order valence-electron chi connectivity index (χ1n) is 9.03. The minimum absolute atomic E-state index is 0.0876. The number of rotatable bonds is 8. The number of carbonyl (C=O) groups is 1. The Kier molecular flexibility index (Phi) is 5.90. The fraction of sp³-hybridized carbons (Fsp3) is 0.444. The molecular formula is C18H23N7O2. The number of hydrogen-bond acceptors (Lipinski definition) is 6. The molecule has 0 atom stereocenters. The summed E-state index contributed by atoms with van der Waals surface area (Å²) >= 11 is 0. The first-order valence-corrected chi connectivity index (χ1v) is 9.03. The van der Waals surface area contributed by atoms with Gasteiger partial charge in [0.15, 0.2) is 0 Å². The Balaban J connectivity index is 1.66. The number of amides is 1. The summed E-state index contributed by atoms with van der Waals surface area (Å²) < 4.78 is 3.20. The van der Waals surface area contributed by atoms with Crippen LogP contribution in [0.15, 0.2) is 35.6 Å². The molecule has 1 aromatic carbocycles. The van der Waals surface area contributed by atoms with Gasteiger partial charge in [-0.05, 0) is 47.4 Å². The molecule has 0 fully saturated rings. The quantitative estimate of drug-likeness (QED) is 0.649. The molecule has 2 aromatic heterocycles. The Morgan fingerprint density at radius 1 is 1.22 bits per heavy atom. The smallest absolute Gasteiger partial charge is 0.261 e. The molecule has 27 heavy (non-hydrogen) atoms. The predicted molar refractivity (Wildman–Crippen MR) is 101 cm³/mol. The predicted octanol–water partition coefficient (Wildman–Crippen LogP) is 1.85. The average Bonchev–Trinajstić information content (AvgIpc) is 3.15. The maximum absolute atomic E-state index is 12.7. The van der Waals surface area contributed by atoms with E-state index in [9.17, 15) is 9.59 Å². The van der Waals surface area contributed by atoms with Gasteiger partial charge in [-0.3, -0.25) is 14.2 Å². The lowest BCUT2D eigenvalue weighted by Crippen LogP contribution is -2.21. The number of aromatic nitrogens is 6. The van der Waals surface area contributed by atoms with Crippen molar-refractivity contribution in [3.63, 3.8) is 0 Å². The van der Waals surface area contributed by atoms with Crippen LogP contribution in [-0.2, 0) is 17.9 Å². The third-order valence-corrected chi connectivity index (χ3v) is 4.24. The maximum atomic E-state index is 12.7. The molecule has 3 rings (SSSR count). The highest BCUT2D eigenvalue weighted by Gasteiger charge is 2.08. The molecule has 0 bridgehead atoms. The number of carbonyl (C=O) groups excluding carboxylic acids is 1. The van der Waals surface area contributed by atoms with E-state index in [1.54, 1.807) is 33.8 Å². The van der Waals surface area contributed by atoms with Gasteiger partial charge in [0.1, 0.15) is 6.33 Å². The summed E-state index contributed by atoms with van der Waals surface area (Å²) in [5, 5.41) is 14.2. The monoisotopic (exact) mass is 369 g/mol. The molecule has 1 amide bonds. The van der Waals surface area contributed by atoms with Gasteiger partial charge in [0.2, 0.25) is 5.91 Å². The molecule has 9 heteroatoms. The minimum atomic E-state index is -0.119. The maximum Gasteiger partial charge on any atom is 0.261 e. The van der Waals surface area contributed by atoms with Crippen LogP contribution in [0.4, 0.5) is 5.69 Å². The van der Waals surface area contributed by atoms with Crippen molar-refractivity contribution in [2.75, 3.05) is 5.32 Å². The van der Waals surface area contributed by atoms with E-state index in [4.69, 9.17) is 0 Å². The second kappa shape index (κ2) is 8.52. The van der Waals surface area contributed by atoms with Crippen molar-refractivity contribution in [2.45, 2.75) is 46.2 Å². The van der Waals surface area contributed by atoms with Crippen LogP contribution >= 0.6 is 0 Å². The molecular weight excluding hydrogens is 346 g/mol. The summed E-state index contributed by atoms with van der Waals surface area (Å²) in [4.78, 5) is 29.2. The van der Waals surface area contributed by atoms with Crippen LogP contribution < -0.4 is 10.9 Å². The van der Waals surface area contributed by atoms with Gasteiger partial charge in [0.25, 0.3) is 5.56 Å². The summed E-state index contributed by atoms with van der Waals surface area (Å²) in [6.45, 7) is 5.44.